The van der Waals surface area contributed by atoms with E-state index in [-0.39, 0.29) is 18.9 Å². The number of nitrogens with two attached hydrogens (primary N) is 1. The zero-order chi connectivity index (χ0) is 21.4. The smallest absolute Gasteiger partial charge is 0.307 e. The minimum Gasteiger partial charge on any atom is -0.460 e. The number of ether oxygens (including phenoxy) is 1. The first-order valence-electron chi connectivity index (χ1n) is 9.42. The molecule has 28 heavy (non-hydrogen) atoms. The molecule has 0 heterocycles. The van der Waals surface area contributed by atoms with E-state index in [4.69, 9.17) is 10.5 Å². The SMILES string of the molecule is C=CC(C)(CNC(=O)CCc1ccccc1)C(CC(=O)OC(C)(C)C)C(N)=O. The van der Waals surface area contributed by atoms with E-state index < -0.39 is 28.8 Å². The number of esters is 1. The van der Waals surface area contributed by atoms with Crippen LogP contribution in [0, 0.1) is 11.3 Å². The lowest BCUT2D eigenvalue weighted by Crippen LogP contribution is -2.45. The molecule has 0 aliphatic rings. The van der Waals surface area contributed by atoms with Gasteiger partial charge >= 0.3 is 5.97 Å². The molecule has 0 fully saturated rings. The summed E-state index contributed by atoms with van der Waals surface area (Å²) in [4.78, 5) is 36.4. The average Bonchev–Trinajstić information content (AvgIpc) is 2.61. The van der Waals surface area contributed by atoms with Gasteiger partial charge in [-0.1, -0.05) is 43.3 Å². The van der Waals surface area contributed by atoms with Gasteiger partial charge in [0.2, 0.25) is 11.8 Å². The van der Waals surface area contributed by atoms with Gasteiger partial charge in [-0.2, -0.15) is 0 Å². The van der Waals surface area contributed by atoms with Gasteiger partial charge in [0.15, 0.2) is 0 Å². The number of nitrogens with one attached hydrogen (secondary N) is 1. The second-order valence-corrected chi connectivity index (χ2v) is 8.22. The van der Waals surface area contributed by atoms with Gasteiger partial charge in [0.25, 0.3) is 0 Å². The standard InChI is InChI=1S/C22H32N2O4/c1-6-22(5,17(20(23)27)14-19(26)28-21(2,3)4)15-24-18(25)13-12-16-10-8-7-9-11-16/h6-11,17H,1,12-15H2,2-5H3,(H2,23,27)(H,24,25). The topological polar surface area (TPSA) is 98.5 Å². The van der Waals surface area contributed by atoms with E-state index in [9.17, 15) is 14.4 Å². The van der Waals surface area contributed by atoms with Gasteiger partial charge in [0.1, 0.15) is 5.60 Å². The van der Waals surface area contributed by atoms with Gasteiger partial charge in [-0.05, 0) is 32.8 Å². The molecule has 6 nitrogen and oxygen atoms in total. The van der Waals surface area contributed by atoms with Crippen molar-refractivity contribution in [2.75, 3.05) is 6.54 Å². The highest BCUT2D eigenvalue weighted by molar-refractivity contribution is 5.84. The maximum Gasteiger partial charge on any atom is 0.307 e. The molecule has 0 aromatic heterocycles. The van der Waals surface area contributed by atoms with Crippen LogP contribution >= 0.6 is 0 Å². The third-order valence-electron chi connectivity index (χ3n) is 4.55. The molecule has 154 valence electrons. The Balaban J connectivity index is 2.70. The Morgan fingerprint density at radius 2 is 1.79 bits per heavy atom. The molecule has 6 heteroatoms. The predicted molar refractivity (Wildman–Crippen MR) is 109 cm³/mol. The summed E-state index contributed by atoms with van der Waals surface area (Å²) in [5.41, 5.74) is 5.09. The molecular formula is C22H32N2O4. The van der Waals surface area contributed by atoms with Crippen LogP contribution in [0.5, 0.6) is 0 Å². The Morgan fingerprint density at radius 1 is 1.18 bits per heavy atom. The molecule has 0 saturated carbocycles. The van der Waals surface area contributed by atoms with Crippen molar-refractivity contribution in [3.8, 4) is 0 Å². The summed E-state index contributed by atoms with van der Waals surface area (Å²) in [7, 11) is 0. The second kappa shape index (κ2) is 10.1. The van der Waals surface area contributed by atoms with Gasteiger partial charge in [-0.25, -0.2) is 0 Å². The monoisotopic (exact) mass is 388 g/mol. The lowest BCUT2D eigenvalue weighted by Gasteiger charge is -2.33. The summed E-state index contributed by atoms with van der Waals surface area (Å²) in [5.74, 6) is -2.13. The highest BCUT2D eigenvalue weighted by atomic mass is 16.6. The van der Waals surface area contributed by atoms with Crippen molar-refractivity contribution in [2.24, 2.45) is 17.1 Å². The van der Waals surface area contributed by atoms with Crippen molar-refractivity contribution in [2.45, 2.75) is 52.6 Å². The minimum absolute atomic E-state index is 0.141. The first-order valence-corrected chi connectivity index (χ1v) is 9.42. The Labute approximate surface area is 167 Å². The zero-order valence-electron chi connectivity index (χ0n) is 17.3. The van der Waals surface area contributed by atoms with Crippen molar-refractivity contribution >= 4 is 17.8 Å². The van der Waals surface area contributed by atoms with E-state index in [1.165, 1.54) is 0 Å². The van der Waals surface area contributed by atoms with E-state index in [1.807, 2.05) is 30.3 Å². The van der Waals surface area contributed by atoms with Gasteiger partial charge < -0.3 is 15.8 Å². The molecule has 1 aromatic rings. The van der Waals surface area contributed by atoms with Crippen LogP contribution in [0.1, 0.15) is 46.1 Å². The average molecular weight is 389 g/mol. The van der Waals surface area contributed by atoms with Crippen LogP contribution in [0.15, 0.2) is 43.0 Å². The lowest BCUT2D eigenvalue weighted by atomic mass is 9.74. The fraction of sp³-hybridized carbons (Fsp3) is 0.500. The highest BCUT2D eigenvalue weighted by Gasteiger charge is 2.38. The largest absolute Gasteiger partial charge is 0.460 e. The number of carbonyl (C=O) groups is 3. The Hall–Kier alpha value is -2.63. The number of benzene rings is 1. The molecular weight excluding hydrogens is 356 g/mol. The maximum absolute atomic E-state index is 12.2. The summed E-state index contributed by atoms with van der Waals surface area (Å²) >= 11 is 0. The number of primary amides is 1. The fourth-order valence-electron chi connectivity index (χ4n) is 2.83. The van der Waals surface area contributed by atoms with Crippen LogP contribution in [0.25, 0.3) is 0 Å². The number of rotatable bonds is 10. The molecule has 3 N–H and O–H groups in total. The molecule has 0 aliphatic heterocycles. The van der Waals surface area contributed by atoms with Crippen LogP contribution in [-0.2, 0) is 25.5 Å². The third kappa shape index (κ3) is 7.94. The molecule has 0 saturated heterocycles. The number of carbonyl (C=O) groups excluding carboxylic acids is 3. The normalized spacial score (nSPS) is 14.4. The number of aryl methyl sites for hydroxylation is 1. The van der Waals surface area contributed by atoms with E-state index in [2.05, 4.69) is 11.9 Å². The Morgan fingerprint density at radius 3 is 2.29 bits per heavy atom. The zero-order valence-corrected chi connectivity index (χ0v) is 17.3. The first kappa shape index (κ1) is 23.4. The van der Waals surface area contributed by atoms with Crippen LogP contribution in [-0.4, -0.2) is 29.9 Å². The van der Waals surface area contributed by atoms with E-state index in [0.717, 1.165) is 5.56 Å². The van der Waals surface area contributed by atoms with Crippen LogP contribution in [0.2, 0.25) is 0 Å². The lowest BCUT2D eigenvalue weighted by molar-refractivity contribution is -0.158. The van der Waals surface area contributed by atoms with Gasteiger partial charge in [0.05, 0.1) is 12.3 Å². The highest BCUT2D eigenvalue weighted by Crippen LogP contribution is 2.31. The molecule has 0 aliphatic carbocycles. The summed E-state index contributed by atoms with van der Waals surface area (Å²) in [5, 5.41) is 2.83. The van der Waals surface area contributed by atoms with E-state index in [0.29, 0.717) is 12.8 Å². The number of hydrogen-bond acceptors (Lipinski definition) is 4. The molecule has 0 bridgehead atoms. The molecule has 0 spiro atoms. The van der Waals surface area contributed by atoms with Gasteiger partial charge in [0, 0.05) is 18.4 Å². The molecule has 2 atom stereocenters. The predicted octanol–water partition coefficient (Wildman–Crippen LogP) is 2.76. The Kier molecular flexibility index (Phi) is 8.41. The van der Waals surface area contributed by atoms with Gasteiger partial charge in [-0.15, -0.1) is 6.58 Å². The quantitative estimate of drug-likeness (QED) is 0.476. The minimum atomic E-state index is -0.870. The van der Waals surface area contributed by atoms with Crippen molar-refractivity contribution in [3.05, 3.63) is 48.6 Å². The van der Waals surface area contributed by atoms with Crippen LogP contribution in [0.3, 0.4) is 0 Å². The fourth-order valence-corrected chi connectivity index (χ4v) is 2.83. The summed E-state index contributed by atoms with van der Waals surface area (Å²) < 4.78 is 5.30. The van der Waals surface area contributed by atoms with Crippen molar-refractivity contribution in [3.63, 3.8) is 0 Å². The first-order chi connectivity index (χ1) is 13.0. The van der Waals surface area contributed by atoms with Crippen molar-refractivity contribution < 1.29 is 19.1 Å². The van der Waals surface area contributed by atoms with Crippen LogP contribution < -0.4 is 11.1 Å². The maximum atomic E-state index is 12.2. The van der Waals surface area contributed by atoms with Crippen molar-refractivity contribution in [1.82, 2.24) is 5.32 Å². The molecule has 2 unspecified atom stereocenters. The third-order valence-corrected chi connectivity index (χ3v) is 4.55. The summed E-state index contributed by atoms with van der Waals surface area (Å²) in [6.45, 7) is 10.9. The number of hydrogen-bond donors (Lipinski definition) is 2. The van der Waals surface area contributed by atoms with Crippen molar-refractivity contribution in [1.29, 1.82) is 0 Å². The Bertz CT molecular complexity index is 694. The molecule has 2 amide bonds. The second-order valence-electron chi connectivity index (χ2n) is 8.22. The summed E-state index contributed by atoms with van der Waals surface area (Å²) in [6.07, 6.45) is 2.33. The summed E-state index contributed by atoms with van der Waals surface area (Å²) in [6, 6.07) is 9.70. The van der Waals surface area contributed by atoms with E-state index in [1.54, 1.807) is 33.8 Å². The van der Waals surface area contributed by atoms with Gasteiger partial charge in [-0.3, -0.25) is 14.4 Å². The molecule has 0 radical (unpaired) electrons. The molecule has 1 aromatic carbocycles. The van der Waals surface area contributed by atoms with Crippen LogP contribution in [0.4, 0.5) is 0 Å². The van der Waals surface area contributed by atoms with E-state index >= 15 is 0 Å². The molecule has 1 rings (SSSR count). The number of amides is 2.